The number of rotatable bonds is 9. The van der Waals surface area contributed by atoms with Gasteiger partial charge in [-0.3, -0.25) is 9.98 Å². The molecule has 0 saturated heterocycles. The summed E-state index contributed by atoms with van der Waals surface area (Å²) in [5.74, 6) is 0.651. The van der Waals surface area contributed by atoms with Gasteiger partial charge in [-0.25, -0.2) is 14.8 Å². The molecule has 4 rings (SSSR count). The van der Waals surface area contributed by atoms with Crippen molar-refractivity contribution in [2.75, 3.05) is 18.5 Å². The van der Waals surface area contributed by atoms with E-state index in [2.05, 4.69) is 40.2 Å². The summed E-state index contributed by atoms with van der Waals surface area (Å²) in [5, 5.41) is 4.31. The molecule has 0 fully saturated rings. The quantitative estimate of drug-likeness (QED) is 0.178. The van der Waals surface area contributed by atoms with Gasteiger partial charge in [0.25, 0.3) is 0 Å². The molecule has 0 bridgehead atoms. The number of pyridine rings is 1. The Balaban J connectivity index is 1.86. The van der Waals surface area contributed by atoms with Crippen LogP contribution in [0.1, 0.15) is 24.2 Å². The summed E-state index contributed by atoms with van der Waals surface area (Å²) in [6, 6.07) is 17.8. The second-order valence-corrected chi connectivity index (χ2v) is 7.84. The lowest BCUT2D eigenvalue weighted by Gasteiger charge is -2.15. The van der Waals surface area contributed by atoms with Crippen molar-refractivity contribution in [1.82, 2.24) is 15.0 Å². The van der Waals surface area contributed by atoms with Crippen LogP contribution in [0.4, 0.5) is 5.82 Å². The van der Waals surface area contributed by atoms with Gasteiger partial charge in [-0.2, -0.15) is 0 Å². The highest BCUT2D eigenvalue weighted by Gasteiger charge is 2.16. The van der Waals surface area contributed by atoms with Crippen LogP contribution < -0.4 is 5.32 Å². The Hall–Kier alpha value is -4.65. The van der Waals surface area contributed by atoms with Crippen LogP contribution in [0.5, 0.6) is 0 Å². The van der Waals surface area contributed by atoms with Gasteiger partial charge in [0.05, 0.1) is 35.3 Å². The SMILES string of the molecule is C=N/C(=C\C=C/C)CNc1nc(-c2cncc(C(=O)OCC)c2)nc2cccc(-c3ccccc3)c12. The lowest BCUT2D eigenvalue weighted by molar-refractivity contribution is 0.0526. The molecule has 0 spiro atoms. The molecule has 1 N–H and O–H groups in total. The van der Waals surface area contributed by atoms with Crippen LogP contribution in [0.15, 0.2) is 95.9 Å². The molecule has 0 radical (unpaired) electrons. The highest BCUT2D eigenvalue weighted by atomic mass is 16.5. The predicted molar refractivity (Wildman–Crippen MR) is 145 cm³/mol. The molecule has 180 valence electrons. The van der Waals surface area contributed by atoms with Crippen LogP contribution in [0.25, 0.3) is 33.4 Å². The molecular formula is C29H27N5O2. The molecule has 7 nitrogen and oxygen atoms in total. The minimum absolute atomic E-state index is 0.284. The van der Waals surface area contributed by atoms with Gasteiger partial charge in [-0.05, 0) is 49.9 Å². The molecule has 2 heterocycles. The first-order valence-corrected chi connectivity index (χ1v) is 11.7. The van der Waals surface area contributed by atoms with Crippen molar-refractivity contribution in [3.63, 3.8) is 0 Å². The van der Waals surface area contributed by atoms with Gasteiger partial charge in [0.1, 0.15) is 5.82 Å². The van der Waals surface area contributed by atoms with Crippen molar-refractivity contribution in [3.05, 3.63) is 96.5 Å². The van der Waals surface area contributed by atoms with Crippen molar-refractivity contribution in [1.29, 1.82) is 0 Å². The number of ether oxygens (including phenoxy) is 1. The Morgan fingerprint density at radius 1 is 1.08 bits per heavy atom. The van der Waals surface area contributed by atoms with E-state index in [1.807, 2.05) is 55.5 Å². The Labute approximate surface area is 210 Å². The van der Waals surface area contributed by atoms with Crippen LogP contribution in [0, 0.1) is 0 Å². The Morgan fingerprint density at radius 3 is 2.67 bits per heavy atom. The zero-order valence-electron chi connectivity index (χ0n) is 20.3. The largest absolute Gasteiger partial charge is 0.462 e. The molecule has 2 aromatic carbocycles. The summed E-state index contributed by atoms with van der Waals surface area (Å²) < 4.78 is 5.13. The number of esters is 1. The number of allylic oxidation sites excluding steroid dienone is 3. The van der Waals surface area contributed by atoms with Crippen LogP contribution in [0.3, 0.4) is 0 Å². The lowest BCUT2D eigenvalue weighted by atomic mass is 10.0. The minimum atomic E-state index is -0.437. The first kappa shape index (κ1) is 24.5. The molecule has 7 heteroatoms. The van der Waals surface area contributed by atoms with E-state index in [-0.39, 0.29) is 6.61 Å². The summed E-state index contributed by atoms with van der Waals surface area (Å²) in [4.78, 5) is 30.3. The maximum Gasteiger partial charge on any atom is 0.339 e. The number of nitrogens with zero attached hydrogens (tertiary/aromatic N) is 4. The zero-order valence-corrected chi connectivity index (χ0v) is 20.3. The normalized spacial score (nSPS) is 11.6. The molecule has 0 amide bonds. The molecular weight excluding hydrogens is 450 g/mol. The topological polar surface area (TPSA) is 89.4 Å². The number of aliphatic imine (C=N–C) groups is 1. The third-order valence-electron chi connectivity index (χ3n) is 5.44. The number of aromatic nitrogens is 3. The number of carbonyl (C=O) groups is 1. The summed E-state index contributed by atoms with van der Waals surface area (Å²) >= 11 is 0. The number of hydrogen-bond donors (Lipinski definition) is 1. The Kier molecular flexibility index (Phi) is 7.93. The van der Waals surface area contributed by atoms with Crippen LogP contribution in [-0.4, -0.2) is 40.8 Å². The molecule has 0 aliphatic rings. The molecule has 0 atom stereocenters. The van der Waals surface area contributed by atoms with Crippen LogP contribution >= 0.6 is 0 Å². The molecule has 4 aromatic rings. The van der Waals surface area contributed by atoms with Gasteiger partial charge in [0.2, 0.25) is 0 Å². The third kappa shape index (κ3) is 5.52. The van der Waals surface area contributed by atoms with E-state index in [1.165, 1.54) is 6.20 Å². The van der Waals surface area contributed by atoms with E-state index in [0.717, 1.165) is 27.7 Å². The van der Waals surface area contributed by atoms with Crippen molar-refractivity contribution in [2.24, 2.45) is 4.99 Å². The molecule has 36 heavy (non-hydrogen) atoms. The molecule has 0 aliphatic heterocycles. The summed E-state index contributed by atoms with van der Waals surface area (Å²) in [7, 11) is 0. The molecule has 0 unspecified atom stereocenters. The van der Waals surface area contributed by atoms with Crippen molar-refractivity contribution < 1.29 is 9.53 Å². The van der Waals surface area contributed by atoms with Crippen molar-refractivity contribution in [2.45, 2.75) is 13.8 Å². The van der Waals surface area contributed by atoms with Gasteiger partial charge >= 0.3 is 5.97 Å². The fourth-order valence-corrected chi connectivity index (χ4v) is 3.74. The summed E-state index contributed by atoms with van der Waals surface area (Å²) in [6.07, 6.45) is 8.85. The van der Waals surface area contributed by atoms with E-state index in [0.29, 0.717) is 29.3 Å². The highest BCUT2D eigenvalue weighted by Crippen LogP contribution is 2.34. The van der Waals surface area contributed by atoms with E-state index >= 15 is 0 Å². The summed E-state index contributed by atoms with van der Waals surface area (Å²) in [5.41, 5.74) is 4.55. The second-order valence-electron chi connectivity index (χ2n) is 7.84. The minimum Gasteiger partial charge on any atom is -0.462 e. The maximum atomic E-state index is 12.3. The number of anilines is 1. The van der Waals surface area contributed by atoms with Gasteiger partial charge in [-0.15, -0.1) is 0 Å². The van der Waals surface area contributed by atoms with Gasteiger partial charge < -0.3 is 10.1 Å². The standard InChI is InChI=1S/C29H27N5O2/c1-4-6-13-23(30-3)19-32-28-26-24(20-11-8-7-9-12-20)14-10-15-25(26)33-27(34-28)21-16-22(18-31-17-21)29(35)36-5-2/h4,6-18H,3,5,19H2,1-2H3,(H,32,33,34)/b6-4-,23-13-. The van der Waals surface area contributed by atoms with E-state index in [1.54, 1.807) is 19.2 Å². The zero-order chi connectivity index (χ0) is 25.3. The Morgan fingerprint density at radius 2 is 1.92 bits per heavy atom. The summed E-state index contributed by atoms with van der Waals surface area (Å²) in [6.45, 7) is 8.10. The Bertz CT molecular complexity index is 1450. The van der Waals surface area contributed by atoms with Crippen LogP contribution in [0.2, 0.25) is 0 Å². The number of carbonyl (C=O) groups excluding carboxylic acids is 1. The van der Waals surface area contributed by atoms with Crippen molar-refractivity contribution in [3.8, 4) is 22.5 Å². The third-order valence-corrected chi connectivity index (χ3v) is 5.44. The monoisotopic (exact) mass is 477 g/mol. The van der Waals surface area contributed by atoms with E-state index in [4.69, 9.17) is 14.7 Å². The van der Waals surface area contributed by atoms with Gasteiger partial charge in [0.15, 0.2) is 5.82 Å². The molecule has 0 saturated carbocycles. The van der Waals surface area contributed by atoms with E-state index in [9.17, 15) is 4.79 Å². The van der Waals surface area contributed by atoms with Gasteiger partial charge in [-0.1, -0.05) is 54.6 Å². The average molecular weight is 478 g/mol. The first-order chi connectivity index (χ1) is 17.6. The first-order valence-electron chi connectivity index (χ1n) is 11.7. The smallest absolute Gasteiger partial charge is 0.339 e. The second kappa shape index (κ2) is 11.7. The lowest BCUT2D eigenvalue weighted by Crippen LogP contribution is -2.08. The molecule has 0 aliphatic carbocycles. The highest BCUT2D eigenvalue weighted by molar-refractivity contribution is 6.02. The molecule has 2 aromatic heterocycles. The van der Waals surface area contributed by atoms with Crippen LogP contribution in [-0.2, 0) is 4.74 Å². The van der Waals surface area contributed by atoms with Crippen molar-refractivity contribution >= 4 is 29.4 Å². The van der Waals surface area contributed by atoms with E-state index < -0.39 is 5.97 Å². The number of nitrogens with one attached hydrogen (secondary N) is 1. The fraction of sp³-hybridized carbons (Fsp3) is 0.138. The maximum absolute atomic E-state index is 12.3. The number of hydrogen-bond acceptors (Lipinski definition) is 7. The van der Waals surface area contributed by atoms with Gasteiger partial charge in [0, 0.05) is 18.0 Å². The fourth-order valence-electron chi connectivity index (χ4n) is 3.74. The number of fused-ring (bicyclic) bond motifs is 1. The number of benzene rings is 2. The predicted octanol–water partition coefficient (Wildman–Crippen LogP) is 6.11. The average Bonchev–Trinajstić information content (AvgIpc) is 2.93.